The number of anilines is 1. The molecule has 0 saturated carbocycles. The van der Waals surface area contributed by atoms with Gasteiger partial charge in [-0.15, -0.1) is 0 Å². The van der Waals surface area contributed by atoms with Gasteiger partial charge in [0.1, 0.15) is 0 Å². The van der Waals surface area contributed by atoms with Gasteiger partial charge in [-0.05, 0) is 56.7 Å². The molecule has 1 N–H and O–H groups in total. The summed E-state index contributed by atoms with van der Waals surface area (Å²) in [7, 11) is 0. The number of benzene rings is 3. The Bertz CT molecular complexity index is 1390. The Morgan fingerprint density at radius 3 is 2.38 bits per heavy atom. The van der Waals surface area contributed by atoms with Crippen LogP contribution in [0.15, 0.2) is 83.0 Å². The first kappa shape index (κ1) is 21.9. The maximum atomic E-state index is 13.3. The van der Waals surface area contributed by atoms with Crippen LogP contribution in [0.4, 0.5) is 10.5 Å². The Hall–Kier alpha value is -3.90. The number of halogens is 1. The van der Waals surface area contributed by atoms with Crippen molar-refractivity contribution in [3.8, 4) is 11.4 Å². The topological polar surface area (TPSA) is 71.3 Å². The van der Waals surface area contributed by atoms with Crippen LogP contribution >= 0.6 is 11.6 Å². The summed E-state index contributed by atoms with van der Waals surface area (Å²) in [5.41, 5.74) is 6.18. The van der Waals surface area contributed by atoms with Crippen molar-refractivity contribution in [1.82, 2.24) is 15.5 Å². The van der Waals surface area contributed by atoms with Crippen molar-refractivity contribution in [2.45, 2.75) is 26.8 Å². The fraction of sp³-hybridized carbons (Fsp3) is 0.148. The third kappa shape index (κ3) is 4.08. The molecule has 1 aliphatic heterocycles. The molecule has 170 valence electrons. The molecular formula is C27H23ClN4O2. The van der Waals surface area contributed by atoms with E-state index in [0.717, 1.165) is 27.8 Å². The lowest BCUT2D eigenvalue weighted by atomic mass is 9.94. The van der Waals surface area contributed by atoms with E-state index in [9.17, 15) is 4.79 Å². The quantitative estimate of drug-likeness (QED) is 0.360. The summed E-state index contributed by atoms with van der Waals surface area (Å²) in [5.74, 6) is 0.857. The van der Waals surface area contributed by atoms with Gasteiger partial charge in [-0.25, -0.2) is 4.79 Å². The van der Waals surface area contributed by atoms with Gasteiger partial charge in [0.2, 0.25) is 5.82 Å². The van der Waals surface area contributed by atoms with E-state index in [0.29, 0.717) is 28.1 Å². The number of urea groups is 1. The van der Waals surface area contributed by atoms with Crippen LogP contribution in [0.1, 0.15) is 35.5 Å². The first-order valence-corrected chi connectivity index (χ1v) is 11.3. The van der Waals surface area contributed by atoms with E-state index in [-0.39, 0.29) is 6.03 Å². The number of rotatable bonds is 4. The van der Waals surface area contributed by atoms with E-state index < -0.39 is 6.04 Å². The van der Waals surface area contributed by atoms with Gasteiger partial charge in [0.25, 0.3) is 5.89 Å². The average Bonchev–Trinajstić information content (AvgIpc) is 3.30. The van der Waals surface area contributed by atoms with E-state index in [1.807, 2.05) is 69.3 Å². The molecule has 5 rings (SSSR count). The highest BCUT2D eigenvalue weighted by Gasteiger charge is 2.36. The van der Waals surface area contributed by atoms with Crippen LogP contribution in [0.5, 0.6) is 0 Å². The first-order chi connectivity index (χ1) is 16.4. The monoisotopic (exact) mass is 470 g/mol. The molecule has 7 heteroatoms. The predicted molar refractivity (Wildman–Crippen MR) is 133 cm³/mol. The van der Waals surface area contributed by atoms with Gasteiger partial charge in [0, 0.05) is 16.3 Å². The number of aromatic nitrogens is 2. The first-order valence-electron chi connectivity index (χ1n) is 11.0. The molecule has 3 aromatic carbocycles. The summed E-state index contributed by atoms with van der Waals surface area (Å²) in [6.45, 7) is 5.94. The van der Waals surface area contributed by atoms with Crippen molar-refractivity contribution >= 4 is 28.9 Å². The summed E-state index contributed by atoms with van der Waals surface area (Å²) in [6, 6.07) is 22.4. The molecule has 0 aliphatic carbocycles. The molecule has 1 atom stereocenters. The van der Waals surface area contributed by atoms with Crippen LogP contribution in [0, 0.1) is 13.8 Å². The van der Waals surface area contributed by atoms with E-state index in [4.69, 9.17) is 21.1 Å². The SMILES string of the molecule is CC1=C(c2nc(-c3cccc(C)c3)no2)C(c2ccc(C)cc2)NC(=O)N1c1ccc(Cl)cc1. The second kappa shape index (κ2) is 8.80. The third-order valence-electron chi connectivity index (χ3n) is 5.91. The van der Waals surface area contributed by atoms with Crippen molar-refractivity contribution in [2.24, 2.45) is 0 Å². The zero-order chi connectivity index (χ0) is 23.8. The number of carbonyl (C=O) groups excluding carboxylic acids is 1. The Labute approximate surface area is 202 Å². The van der Waals surface area contributed by atoms with Gasteiger partial charge < -0.3 is 9.84 Å². The molecule has 2 amide bonds. The summed E-state index contributed by atoms with van der Waals surface area (Å²) in [4.78, 5) is 19.6. The largest absolute Gasteiger partial charge is 0.334 e. The fourth-order valence-electron chi connectivity index (χ4n) is 4.16. The van der Waals surface area contributed by atoms with Crippen LogP contribution in [-0.2, 0) is 0 Å². The predicted octanol–water partition coefficient (Wildman–Crippen LogP) is 6.71. The number of nitrogens with zero attached hydrogens (tertiary/aromatic N) is 3. The fourth-order valence-corrected chi connectivity index (χ4v) is 4.29. The van der Waals surface area contributed by atoms with Gasteiger partial charge in [-0.3, -0.25) is 4.90 Å². The summed E-state index contributed by atoms with van der Waals surface area (Å²) < 4.78 is 5.76. The minimum absolute atomic E-state index is 0.243. The molecule has 6 nitrogen and oxygen atoms in total. The van der Waals surface area contributed by atoms with Crippen molar-refractivity contribution in [3.05, 3.63) is 106 Å². The minimum Gasteiger partial charge on any atom is -0.334 e. The molecule has 0 fully saturated rings. The highest BCUT2D eigenvalue weighted by Crippen LogP contribution is 2.39. The lowest BCUT2D eigenvalue weighted by Crippen LogP contribution is -2.46. The molecule has 1 unspecified atom stereocenters. The Morgan fingerprint density at radius 1 is 0.941 bits per heavy atom. The van der Waals surface area contributed by atoms with Crippen LogP contribution in [0.3, 0.4) is 0 Å². The molecule has 1 aliphatic rings. The second-order valence-electron chi connectivity index (χ2n) is 8.40. The van der Waals surface area contributed by atoms with Gasteiger partial charge in [0.15, 0.2) is 0 Å². The zero-order valence-electron chi connectivity index (χ0n) is 19.0. The van der Waals surface area contributed by atoms with E-state index >= 15 is 0 Å². The number of hydrogen-bond acceptors (Lipinski definition) is 4. The molecule has 0 saturated heterocycles. The maximum absolute atomic E-state index is 13.3. The van der Waals surface area contributed by atoms with Gasteiger partial charge in [0.05, 0.1) is 17.3 Å². The lowest BCUT2D eigenvalue weighted by molar-refractivity contribution is 0.244. The maximum Gasteiger partial charge on any atom is 0.326 e. The molecule has 1 aromatic heterocycles. The molecule has 4 aromatic rings. The number of hydrogen-bond donors (Lipinski definition) is 1. The highest BCUT2D eigenvalue weighted by molar-refractivity contribution is 6.30. The van der Waals surface area contributed by atoms with Crippen molar-refractivity contribution < 1.29 is 9.32 Å². The Balaban J connectivity index is 1.65. The molecule has 0 spiro atoms. The highest BCUT2D eigenvalue weighted by atomic mass is 35.5. The molecule has 0 radical (unpaired) electrons. The molecule has 0 bridgehead atoms. The third-order valence-corrected chi connectivity index (χ3v) is 6.16. The van der Waals surface area contributed by atoms with Crippen LogP contribution in [-0.4, -0.2) is 16.2 Å². The van der Waals surface area contributed by atoms with Crippen LogP contribution in [0.25, 0.3) is 17.0 Å². The molecular weight excluding hydrogens is 448 g/mol. The minimum atomic E-state index is -0.442. The average molecular weight is 471 g/mol. The van der Waals surface area contributed by atoms with E-state index in [1.165, 1.54) is 0 Å². The number of allylic oxidation sites excluding steroid dienone is 1. The Morgan fingerprint density at radius 2 is 1.68 bits per heavy atom. The lowest BCUT2D eigenvalue weighted by Gasteiger charge is -2.35. The second-order valence-corrected chi connectivity index (χ2v) is 8.83. The number of nitrogens with one attached hydrogen (secondary N) is 1. The number of amides is 2. The molecule has 2 heterocycles. The van der Waals surface area contributed by atoms with Gasteiger partial charge >= 0.3 is 6.03 Å². The summed E-state index contributed by atoms with van der Waals surface area (Å²) in [6.07, 6.45) is 0. The number of carbonyl (C=O) groups is 1. The molecule has 34 heavy (non-hydrogen) atoms. The standard InChI is InChI=1S/C27H23ClN4O2/c1-16-7-9-19(10-8-16)24-23(26-30-25(31-34-26)20-6-4-5-17(2)15-20)18(3)32(27(33)29-24)22-13-11-21(28)12-14-22/h4-15,24H,1-3H3,(H,29,33). The van der Waals surface area contributed by atoms with Gasteiger partial charge in [-0.1, -0.05) is 70.3 Å². The van der Waals surface area contributed by atoms with Crippen molar-refractivity contribution in [1.29, 1.82) is 0 Å². The van der Waals surface area contributed by atoms with Gasteiger partial charge in [-0.2, -0.15) is 4.98 Å². The van der Waals surface area contributed by atoms with Crippen LogP contribution in [0.2, 0.25) is 5.02 Å². The zero-order valence-corrected chi connectivity index (χ0v) is 19.8. The summed E-state index contributed by atoms with van der Waals surface area (Å²) >= 11 is 6.07. The van der Waals surface area contributed by atoms with E-state index in [1.54, 1.807) is 29.2 Å². The summed E-state index contributed by atoms with van der Waals surface area (Å²) in [5, 5.41) is 7.96. The van der Waals surface area contributed by atoms with Crippen molar-refractivity contribution in [3.63, 3.8) is 0 Å². The number of aryl methyl sites for hydroxylation is 2. The van der Waals surface area contributed by atoms with Crippen molar-refractivity contribution in [2.75, 3.05) is 4.90 Å². The van der Waals surface area contributed by atoms with Crippen LogP contribution < -0.4 is 10.2 Å². The Kier molecular flexibility index (Phi) is 5.67. The smallest absolute Gasteiger partial charge is 0.326 e. The normalized spacial score (nSPS) is 16.1. The van der Waals surface area contributed by atoms with E-state index in [2.05, 4.69) is 10.5 Å².